The van der Waals surface area contributed by atoms with Crippen LogP contribution in [-0.4, -0.2) is 19.9 Å². The third kappa shape index (κ3) is 6.85. The minimum atomic E-state index is -0.922. The van der Waals surface area contributed by atoms with Gasteiger partial charge >= 0.3 is 0 Å². The lowest BCUT2D eigenvalue weighted by molar-refractivity contribution is 0.417. The summed E-state index contributed by atoms with van der Waals surface area (Å²) in [5.74, 6) is 2.60. The Morgan fingerprint density at radius 3 is 1.47 bits per heavy atom. The van der Waals surface area contributed by atoms with Crippen molar-refractivity contribution in [1.82, 2.24) is 0 Å². The van der Waals surface area contributed by atoms with E-state index in [1.54, 1.807) is 0 Å². The van der Waals surface area contributed by atoms with Gasteiger partial charge in [-0.25, -0.2) is 0 Å². The molecule has 1 aliphatic carbocycles. The molecule has 0 saturated heterocycles. The van der Waals surface area contributed by atoms with Crippen molar-refractivity contribution in [3.05, 3.63) is 145 Å². The molecule has 0 radical (unpaired) electrons. The van der Waals surface area contributed by atoms with Gasteiger partial charge in [0.25, 0.3) is 0 Å². The summed E-state index contributed by atoms with van der Waals surface area (Å²) in [5, 5.41) is 7.76. The van der Waals surface area contributed by atoms with E-state index in [1.165, 1.54) is 109 Å². The molecule has 0 amide bonds. The smallest absolute Gasteiger partial charge is 0.127 e. The largest absolute Gasteiger partial charge is 0.496 e. The minimum absolute atomic E-state index is 0.394. The summed E-state index contributed by atoms with van der Waals surface area (Å²) in [6.07, 6.45) is 6.26. The molecule has 1 aliphatic rings. The quantitative estimate of drug-likeness (QED) is 0.130. The Hall–Kier alpha value is -4.91. The lowest BCUT2D eigenvalue weighted by atomic mass is 9.85. The van der Waals surface area contributed by atoms with Crippen LogP contribution in [0.5, 0.6) is 11.5 Å². The number of rotatable bonds is 10. The number of hydrogen-bond donors (Lipinski definition) is 0. The van der Waals surface area contributed by atoms with Gasteiger partial charge < -0.3 is 9.47 Å². The van der Waals surface area contributed by atoms with E-state index in [9.17, 15) is 0 Å². The molecule has 0 aliphatic heterocycles. The molecule has 3 heteroatoms. The van der Waals surface area contributed by atoms with Crippen molar-refractivity contribution in [3.8, 4) is 44.9 Å². The maximum absolute atomic E-state index is 6.31. The van der Waals surface area contributed by atoms with Gasteiger partial charge in [0.1, 0.15) is 11.5 Å². The van der Waals surface area contributed by atoms with Crippen LogP contribution >= 0.6 is 7.92 Å². The molecule has 1 saturated carbocycles. The Morgan fingerprint density at radius 1 is 0.473 bits per heavy atom. The van der Waals surface area contributed by atoms with E-state index < -0.39 is 7.92 Å². The molecule has 0 bridgehead atoms. The van der Waals surface area contributed by atoms with Crippen LogP contribution in [0.25, 0.3) is 54.9 Å². The fourth-order valence-electron chi connectivity index (χ4n) is 9.20. The fraction of sp³-hybridized carbons (Fsp3) is 0.269. The van der Waals surface area contributed by atoms with Crippen molar-refractivity contribution in [3.63, 3.8) is 0 Å². The van der Waals surface area contributed by atoms with E-state index in [2.05, 4.69) is 161 Å². The van der Waals surface area contributed by atoms with Crippen LogP contribution in [0.1, 0.15) is 82.8 Å². The molecule has 7 aromatic carbocycles. The first-order chi connectivity index (χ1) is 26.9. The second-order valence-electron chi connectivity index (χ2n) is 15.7. The molecule has 7 aromatic rings. The Bertz CT molecular complexity index is 2340. The van der Waals surface area contributed by atoms with Crippen molar-refractivity contribution in [2.45, 2.75) is 77.3 Å². The molecule has 278 valence electrons. The molecular formula is C52H53O2P. The maximum atomic E-state index is 6.31. The van der Waals surface area contributed by atoms with Gasteiger partial charge in [-0.1, -0.05) is 168 Å². The second-order valence-corrected chi connectivity index (χ2v) is 18.1. The lowest BCUT2D eigenvalue weighted by Gasteiger charge is -2.36. The number of fused-ring (bicyclic) bond motifs is 2. The highest BCUT2D eigenvalue weighted by atomic mass is 31.1. The van der Waals surface area contributed by atoms with Crippen molar-refractivity contribution >= 4 is 40.1 Å². The average molecular weight is 741 g/mol. The topological polar surface area (TPSA) is 18.5 Å². The summed E-state index contributed by atoms with van der Waals surface area (Å²) >= 11 is 0. The van der Waals surface area contributed by atoms with Crippen LogP contribution in [0.4, 0.5) is 0 Å². The third-order valence-corrected chi connectivity index (χ3v) is 14.9. The van der Waals surface area contributed by atoms with Gasteiger partial charge in [-0.3, -0.25) is 0 Å². The van der Waals surface area contributed by atoms with Gasteiger partial charge in [-0.2, -0.15) is 0 Å². The predicted octanol–water partition coefficient (Wildman–Crippen LogP) is 14.0. The molecule has 0 N–H and O–H groups in total. The number of benzene rings is 7. The van der Waals surface area contributed by atoms with E-state index in [-0.39, 0.29) is 0 Å². The van der Waals surface area contributed by atoms with Crippen LogP contribution in [0.3, 0.4) is 0 Å². The van der Waals surface area contributed by atoms with Crippen LogP contribution in [0.15, 0.2) is 133 Å². The molecule has 0 spiro atoms. The van der Waals surface area contributed by atoms with E-state index in [1.807, 2.05) is 14.2 Å². The Balaban J connectivity index is 1.55. The zero-order chi connectivity index (χ0) is 38.1. The van der Waals surface area contributed by atoms with E-state index in [4.69, 9.17) is 9.47 Å². The number of hydrogen-bond acceptors (Lipinski definition) is 2. The number of ether oxygens (including phenoxy) is 2. The SMILES string of the molecule is COc1ccc2ccccc2c1-c1cccc(-c2c(OC)ccc3ccccc23)c1P(c1ccccc1-c1c(C(C)C)cccc1C(C)C)C1CCCCC1. The molecule has 1 atom stereocenters. The molecule has 0 heterocycles. The Kier molecular flexibility index (Phi) is 10.8. The summed E-state index contributed by atoms with van der Waals surface area (Å²) in [7, 11) is 2.72. The minimum Gasteiger partial charge on any atom is -0.496 e. The van der Waals surface area contributed by atoms with Gasteiger partial charge in [-0.05, 0) is 116 Å². The first kappa shape index (κ1) is 37.0. The van der Waals surface area contributed by atoms with E-state index in [0.717, 1.165) is 11.5 Å². The summed E-state index contributed by atoms with van der Waals surface area (Å²) in [5.41, 5.74) is 11.0. The van der Waals surface area contributed by atoms with Crippen molar-refractivity contribution in [2.24, 2.45) is 0 Å². The van der Waals surface area contributed by atoms with Crippen LogP contribution < -0.4 is 20.1 Å². The predicted molar refractivity (Wildman–Crippen MR) is 239 cm³/mol. The van der Waals surface area contributed by atoms with E-state index in [0.29, 0.717) is 17.5 Å². The second kappa shape index (κ2) is 16.1. The number of methoxy groups -OCH3 is 2. The maximum Gasteiger partial charge on any atom is 0.127 e. The van der Waals surface area contributed by atoms with Gasteiger partial charge in [-0.15, -0.1) is 0 Å². The first-order valence-corrected chi connectivity index (χ1v) is 21.6. The fourth-order valence-corrected chi connectivity index (χ4v) is 12.7. The zero-order valence-corrected chi connectivity index (χ0v) is 34.1. The van der Waals surface area contributed by atoms with Crippen LogP contribution in [0, 0.1) is 0 Å². The van der Waals surface area contributed by atoms with Crippen molar-refractivity contribution in [2.75, 3.05) is 14.2 Å². The lowest BCUT2D eigenvalue weighted by Crippen LogP contribution is -2.28. The zero-order valence-electron chi connectivity index (χ0n) is 33.2. The summed E-state index contributed by atoms with van der Waals surface area (Å²) < 4.78 is 12.6. The normalized spacial score (nSPS) is 14.2. The van der Waals surface area contributed by atoms with Crippen LogP contribution in [-0.2, 0) is 0 Å². The summed E-state index contributed by atoms with van der Waals surface area (Å²) in [4.78, 5) is 0. The molecule has 2 nitrogen and oxygen atoms in total. The monoisotopic (exact) mass is 740 g/mol. The Morgan fingerprint density at radius 2 is 0.945 bits per heavy atom. The molecule has 0 aromatic heterocycles. The highest BCUT2D eigenvalue weighted by Gasteiger charge is 2.35. The molecule has 1 fully saturated rings. The van der Waals surface area contributed by atoms with Crippen LogP contribution in [0.2, 0.25) is 0 Å². The molecular weight excluding hydrogens is 688 g/mol. The summed E-state index contributed by atoms with van der Waals surface area (Å²) in [6, 6.07) is 49.8. The van der Waals surface area contributed by atoms with Gasteiger partial charge in [0.05, 0.1) is 14.2 Å². The van der Waals surface area contributed by atoms with Crippen molar-refractivity contribution < 1.29 is 9.47 Å². The summed E-state index contributed by atoms with van der Waals surface area (Å²) in [6.45, 7) is 9.40. The molecule has 55 heavy (non-hydrogen) atoms. The molecule has 1 unspecified atom stereocenters. The first-order valence-electron chi connectivity index (χ1n) is 20.2. The van der Waals surface area contributed by atoms with Gasteiger partial charge in [0.2, 0.25) is 0 Å². The molecule has 8 rings (SSSR count). The van der Waals surface area contributed by atoms with Crippen molar-refractivity contribution in [1.29, 1.82) is 0 Å². The van der Waals surface area contributed by atoms with Gasteiger partial charge in [0.15, 0.2) is 0 Å². The third-order valence-electron chi connectivity index (χ3n) is 11.8. The highest BCUT2D eigenvalue weighted by Crippen LogP contribution is 2.55. The highest BCUT2D eigenvalue weighted by molar-refractivity contribution is 7.74. The van der Waals surface area contributed by atoms with E-state index >= 15 is 0 Å². The Labute approximate surface area is 329 Å². The standard InChI is InChI=1S/C52H53O2P/c1-34(2)39-25-16-26-40(35(3)4)49(39)43-24-14-15-29-48(43)55(38-20-8-7-9-21-38)52-44(50-41-22-12-10-18-36(41)30-32-46(50)53-5)27-17-28-45(52)51-42-23-13-11-19-37(42)31-33-47(51)54-6/h10-19,22-35,38H,7-9,20-21H2,1-6H3. The van der Waals surface area contributed by atoms with Gasteiger partial charge in [0, 0.05) is 11.1 Å². The average Bonchev–Trinajstić information content (AvgIpc) is 3.23.